The van der Waals surface area contributed by atoms with Gasteiger partial charge in [-0.2, -0.15) is 0 Å². The smallest absolute Gasteiger partial charge is 0.0532 e. The first kappa shape index (κ1) is 26.6. The zero-order valence-corrected chi connectivity index (χ0v) is 23.7. The van der Waals surface area contributed by atoms with Gasteiger partial charge in [0.25, 0.3) is 0 Å². The SMILES string of the molecule is CCC1OB(O)c2cc(OCCCC[C-]=C3CCN(C)n4cc(C(=O)O)c(=O)c([C](C)=[W])c43)ccc21. The second kappa shape index (κ2) is 11.3. The molecule has 2 aliphatic heterocycles. The zero-order valence-electron chi connectivity index (χ0n) is 20.7. The molecule has 1 atom stereocenters. The third kappa shape index (κ3) is 5.29. The maximum atomic E-state index is 13.0. The van der Waals surface area contributed by atoms with Gasteiger partial charge < -0.3 is 9.68 Å². The molecule has 1 aromatic heterocycles. The average Bonchev–Trinajstić information content (AvgIpc) is 3.16. The van der Waals surface area contributed by atoms with Crippen LogP contribution in [0, 0.1) is 6.08 Å². The molecule has 4 rings (SSSR count). The molecule has 2 aromatic rings. The number of pyridine rings is 1. The van der Waals surface area contributed by atoms with Crippen molar-refractivity contribution in [3.63, 3.8) is 0 Å². The summed E-state index contributed by atoms with van der Waals surface area (Å²) in [6, 6.07) is 5.74. The molecule has 2 N–H and O–H groups in total. The molecular formula is C26H30BN2O6W-. The quantitative estimate of drug-likeness (QED) is 0.242. The van der Waals surface area contributed by atoms with Gasteiger partial charge in [0.15, 0.2) is 0 Å². The van der Waals surface area contributed by atoms with Crippen LogP contribution in [0.25, 0.3) is 5.57 Å². The summed E-state index contributed by atoms with van der Waals surface area (Å²) in [4.78, 5) is 24.6. The molecule has 0 radical (unpaired) electrons. The fourth-order valence-electron chi connectivity index (χ4n) is 4.74. The normalized spacial score (nSPS) is 17.8. The van der Waals surface area contributed by atoms with Gasteiger partial charge in [0.2, 0.25) is 0 Å². The fourth-order valence-corrected chi connectivity index (χ4v) is 5.42. The van der Waals surface area contributed by atoms with E-state index in [2.05, 4.69) is 6.08 Å². The molecule has 0 saturated heterocycles. The molecular weight excluding hydrogens is 631 g/mol. The van der Waals surface area contributed by atoms with Crippen LogP contribution < -0.4 is 20.6 Å². The van der Waals surface area contributed by atoms with Crippen molar-refractivity contribution >= 4 is 28.0 Å². The van der Waals surface area contributed by atoms with Gasteiger partial charge in [0.05, 0.1) is 6.10 Å². The zero-order chi connectivity index (χ0) is 26.0. The summed E-state index contributed by atoms with van der Waals surface area (Å²) in [7, 11) is 0.990. The second-order valence-electron chi connectivity index (χ2n) is 9.07. The molecule has 3 heterocycles. The average molecular weight is 661 g/mol. The molecule has 0 aliphatic carbocycles. The predicted molar refractivity (Wildman–Crippen MR) is 135 cm³/mol. The number of allylic oxidation sites excluding steroid dienone is 1. The van der Waals surface area contributed by atoms with Crippen molar-refractivity contribution < 1.29 is 43.7 Å². The molecule has 36 heavy (non-hydrogen) atoms. The molecule has 1 aromatic carbocycles. The van der Waals surface area contributed by atoms with E-state index in [1.807, 2.05) is 44.1 Å². The monoisotopic (exact) mass is 661 g/mol. The Bertz CT molecular complexity index is 1270. The van der Waals surface area contributed by atoms with Crippen molar-refractivity contribution in [2.24, 2.45) is 0 Å². The minimum Gasteiger partial charge on any atom is -0.0532 e. The van der Waals surface area contributed by atoms with E-state index in [9.17, 15) is 19.7 Å². The van der Waals surface area contributed by atoms with E-state index in [1.54, 1.807) is 4.68 Å². The van der Waals surface area contributed by atoms with E-state index in [0.29, 0.717) is 25.1 Å². The van der Waals surface area contributed by atoms with Crippen LogP contribution in [0.15, 0.2) is 29.2 Å². The Morgan fingerprint density at radius 2 is 2.14 bits per heavy atom. The Balaban J connectivity index is 1.41. The van der Waals surface area contributed by atoms with E-state index in [4.69, 9.17) is 9.39 Å². The standard InChI is InChI=1S/C26H30BN2O6.W/c1-4-19-24-17(12-13-28(3)29(24)16-21(25(19)30)26(31)32)9-7-6-8-14-34-18-10-11-20-22(15-18)27(33)35-23(20)5-2;/h10-11,15-16,23,33H,5-8,12-14H2,1-3H3,(H,31,32);/q-1;. The van der Waals surface area contributed by atoms with E-state index in [1.165, 1.54) is 6.20 Å². The fraction of sp³-hybridized carbons (Fsp3) is 0.423. The van der Waals surface area contributed by atoms with Crippen LogP contribution in [0.2, 0.25) is 0 Å². The molecule has 0 spiro atoms. The molecule has 2 aliphatic rings. The molecule has 8 nitrogen and oxygen atoms in total. The number of nitrogens with zero attached hydrogens (tertiary/aromatic N) is 2. The first-order valence-corrected chi connectivity index (χ1v) is 13.6. The van der Waals surface area contributed by atoms with E-state index < -0.39 is 18.5 Å². The number of carboxylic acid groups (broad SMARTS) is 1. The van der Waals surface area contributed by atoms with Crippen molar-refractivity contribution in [2.75, 3.05) is 25.2 Å². The summed E-state index contributed by atoms with van der Waals surface area (Å²) in [6.07, 6.45) is 8.80. The first-order chi connectivity index (χ1) is 17.2. The number of fused-ring (bicyclic) bond motifs is 2. The Labute approximate surface area is 222 Å². The summed E-state index contributed by atoms with van der Waals surface area (Å²) in [5.74, 6) is -0.494. The third-order valence-electron chi connectivity index (χ3n) is 6.62. The predicted octanol–water partition coefficient (Wildman–Crippen LogP) is 2.21. The van der Waals surface area contributed by atoms with Gasteiger partial charge in [-0.25, -0.2) is 0 Å². The maximum absolute atomic E-state index is 13.0. The number of ether oxygens (including phenoxy) is 1. The Hall–Kier alpha value is -2.48. The van der Waals surface area contributed by atoms with Gasteiger partial charge in [-0.3, -0.25) is 0 Å². The molecule has 10 heteroatoms. The van der Waals surface area contributed by atoms with Crippen LogP contribution in [0.1, 0.15) is 79.2 Å². The van der Waals surface area contributed by atoms with Crippen LogP contribution in [-0.4, -0.2) is 52.0 Å². The van der Waals surface area contributed by atoms with Gasteiger partial charge in [-0.05, 0) is 17.4 Å². The molecule has 0 saturated carbocycles. The minimum atomic E-state index is -1.21. The van der Waals surface area contributed by atoms with Crippen molar-refractivity contribution in [1.82, 2.24) is 4.68 Å². The van der Waals surface area contributed by atoms with Gasteiger partial charge in [-0.1, -0.05) is 13.0 Å². The van der Waals surface area contributed by atoms with Gasteiger partial charge in [0, 0.05) is 0 Å². The van der Waals surface area contributed by atoms with Crippen LogP contribution >= 0.6 is 0 Å². The summed E-state index contributed by atoms with van der Waals surface area (Å²) in [5.41, 5.74) is 3.35. The minimum absolute atomic E-state index is 0.0695. The number of carbonyl (C=O) groups is 1. The summed E-state index contributed by atoms with van der Waals surface area (Å²) in [5, 5.41) is 21.6. The molecule has 0 fully saturated rings. The van der Waals surface area contributed by atoms with Crippen molar-refractivity contribution in [3.05, 3.63) is 63.1 Å². The number of benzene rings is 1. The number of rotatable bonds is 9. The van der Waals surface area contributed by atoms with Gasteiger partial charge in [0.1, 0.15) is 0 Å². The van der Waals surface area contributed by atoms with E-state index in [0.717, 1.165) is 77.0 Å². The number of unbranched alkanes of at least 4 members (excludes halogenated alkanes) is 2. The topological polar surface area (TPSA) is 101 Å². The van der Waals surface area contributed by atoms with Crippen LogP contribution in [0.5, 0.6) is 5.75 Å². The molecule has 190 valence electrons. The van der Waals surface area contributed by atoms with Gasteiger partial charge >= 0.3 is 176 Å². The molecule has 0 amide bonds. The number of hydrogen-bond acceptors (Lipinski definition) is 6. The first-order valence-electron chi connectivity index (χ1n) is 12.2. The summed E-state index contributed by atoms with van der Waals surface area (Å²) >= 11 is 1.13. The molecule has 0 bridgehead atoms. The number of aromatic nitrogens is 1. The van der Waals surface area contributed by atoms with Crippen molar-refractivity contribution in [3.8, 4) is 5.75 Å². The van der Waals surface area contributed by atoms with E-state index >= 15 is 0 Å². The number of carboxylic acids is 1. The third-order valence-corrected chi connectivity index (χ3v) is 7.36. The van der Waals surface area contributed by atoms with Crippen molar-refractivity contribution in [2.45, 2.75) is 52.1 Å². The summed E-state index contributed by atoms with van der Waals surface area (Å²) in [6.45, 7) is 5.15. The Kier molecular flexibility index (Phi) is 8.33. The summed E-state index contributed by atoms with van der Waals surface area (Å²) < 4.78 is 14.1. The number of hydrogen-bond donors (Lipinski definition) is 2. The van der Waals surface area contributed by atoms with Gasteiger partial charge in [-0.15, -0.1) is 0 Å². The van der Waals surface area contributed by atoms with E-state index in [-0.39, 0.29) is 11.7 Å². The van der Waals surface area contributed by atoms with Crippen LogP contribution in [-0.2, 0) is 24.0 Å². The Morgan fingerprint density at radius 1 is 1.36 bits per heavy atom. The van der Waals surface area contributed by atoms with Crippen LogP contribution in [0.3, 0.4) is 0 Å². The number of aromatic carboxylic acids is 1. The van der Waals surface area contributed by atoms with Crippen LogP contribution in [0.4, 0.5) is 0 Å². The second-order valence-corrected chi connectivity index (χ2v) is 11.3. The Morgan fingerprint density at radius 3 is 2.83 bits per heavy atom. The van der Waals surface area contributed by atoms with Crippen molar-refractivity contribution in [1.29, 1.82) is 0 Å². The molecule has 1 unspecified atom stereocenters.